The number of carbonyl (C=O) groups is 1. The van der Waals surface area contributed by atoms with Crippen molar-refractivity contribution in [2.24, 2.45) is 4.99 Å². The Morgan fingerprint density at radius 1 is 1.07 bits per heavy atom. The molecular weight excluding hydrogens is 369 g/mol. The zero-order chi connectivity index (χ0) is 19.8. The van der Waals surface area contributed by atoms with Crippen LogP contribution in [-0.2, 0) is 16.4 Å². The van der Waals surface area contributed by atoms with E-state index in [1.165, 1.54) is 23.8 Å². The standard InChI is InChI=1S/C21H19F3N2O2/c22-21(23,24)16-6-2-4-8-18(16)28-13-19(27)26-11-9-20(10-12-26)14-25-17-7-3-1-5-15(17)20/h1-8,14H,9-13H2. The lowest BCUT2D eigenvalue weighted by Crippen LogP contribution is -2.46. The molecule has 28 heavy (non-hydrogen) atoms. The SMILES string of the molecule is O=C(COc1ccccc1C(F)(F)F)N1CCC2(C=Nc3ccccc32)CC1. The number of alkyl halides is 3. The van der Waals surface area contributed by atoms with Crippen molar-refractivity contribution in [3.05, 3.63) is 59.7 Å². The number of halogens is 3. The minimum absolute atomic E-state index is 0.156. The van der Waals surface area contributed by atoms with Gasteiger partial charge in [-0.1, -0.05) is 30.3 Å². The second-order valence-electron chi connectivity index (χ2n) is 7.09. The maximum absolute atomic E-state index is 13.0. The molecule has 2 aliphatic heterocycles. The summed E-state index contributed by atoms with van der Waals surface area (Å²) in [7, 11) is 0. The van der Waals surface area contributed by atoms with Crippen molar-refractivity contribution < 1.29 is 22.7 Å². The largest absolute Gasteiger partial charge is 0.483 e. The lowest BCUT2D eigenvalue weighted by Gasteiger charge is -2.38. The number of para-hydroxylation sites is 2. The Labute approximate surface area is 160 Å². The van der Waals surface area contributed by atoms with Crippen LogP contribution in [0.15, 0.2) is 53.5 Å². The second kappa shape index (κ2) is 6.96. The van der Waals surface area contributed by atoms with Crippen LogP contribution in [-0.4, -0.2) is 36.7 Å². The first kappa shape index (κ1) is 18.5. The van der Waals surface area contributed by atoms with E-state index in [9.17, 15) is 18.0 Å². The Hall–Kier alpha value is -2.83. The Morgan fingerprint density at radius 3 is 2.50 bits per heavy atom. The summed E-state index contributed by atoms with van der Waals surface area (Å²) < 4.78 is 44.3. The third-order valence-electron chi connectivity index (χ3n) is 5.44. The number of benzene rings is 2. The highest BCUT2D eigenvalue weighted by Gasteiger charge is 2.40. The van der Waals surface area contributed by atoms with Gasteiger partial charge in [0.15, 0.2) is 6.61 Å². The van der Waals surface area contributed by atoms with E-state index in [0.717, 1.165) is 24.6 Å². The Morgan fingerprint density at radius 2 is 1.75 bits per heavy atom. The highest BCUT2D eigenvalue weighted by Crippen LogP contribution is 2.43. The molecule has 1 amide bonds. The van der Waals surface area contributed by atoms with Gasteiger partial charge in [-0.15, -0.1) is 0 Å². The quantitative estimate of drug-likeness (QED) is 0.784. The predicted octanol–water partition coefficient (Wildman–Crippen LogP) is 4.36. The summed E-state index contributed by atoms with van der Waals surface area (Å²) in [6, 6.07) is 12.9. The lowest BCUT2D eigenvalue weighted by molar-refractivity contribution is -0.141. The average Bonchev–Trinajstić information content (AvgIpc) is 3.05. The van der Waals surface area contributed by atoms with Gasteiger partial charge in [0, 0.05) is 24.7 Å². The van der Waals surface area contributed by atoms with Crippen LogP contribution in [0.1, 0.15) is 24.0 Å². The Bertz CT molecular complexity index is 916. The molecule has 2 aromatic carbocycles. The van der Waals surface area contributed by atoms with Crippen molar-refractivity contribution in [3.63, 3.8) is 0 Å². The van der Waals surface area contributed by atoms with Crippen LogP contribution in [0.3, 0.4) is 0 Å². The number of hydrogen-bond donors (Lipinski definition) is 0. The van der Waals surface area contributed by atoms with Gasteiger partial charge in [0.1, 0.15) is 5.75 Å². The number of amides is 1. The zero-order valence-corrected chi connectivity index (χ0v) is 15.1. The summed E-state index contributed by atoms with van der Waals surface area (Å²) >= 11 is 0. The molecule has 0 unspecified atom stereocenters. The van der Waals surface area contributed by atoms with E-state index in [4.69, 9.17) is 4.74 Å². The number of carbonyl (C=O) groups excluding carboxylic acids is 1. The maximum Gasteiger partial charge on any atom is 0.419 e. The molecule has 4 nitrogen and oxygen atoms in total. The van der Waals surface area contributed by atoms with Gasteiger partial charge in [0.2, 0.25) is 0 Å². The van der Waals surface area contributed by atoms with E-state index in [1.807, 2.05) is 24.4 Å². The predicted molar refractivity (Wildman–Crippen MR) is 99.0 cm³/mol. The number of aliphatic imine (C=N–C) groups is 1. The first-order valence-electron chi connectivity index (χ1n) is 9.11. The van der Waals surface area contributed by atoms with Crippen LogP contribution >= 0.6 is 0 Å². The van der Waals surface area contributed by atoms with E-state index in [0.29, 0.717) is 13.1 Å². The van der Waals surface area contributed by atoms with Crippen molar-refractivity contribution >= 4 is 17.8 Å². The van der Waals surface area contributed by atoms with Crippen LogP contribution in [0.2, 0.25) is 0 Å². The Kier molecular flexibility index (Phi) is 4.61. The first-order valence-corrected chi connectivity index (χ1v) is 9.11. The summed E-state index contributed by atoms with van der Waals surface area (Å²) in [4.78, 5) is 18.6. The zero-order valence-electron chi connectivity index (χ0n) is 15.1. The van der Waals surface area contributed by atoms with E-state index < -0.39 is 18.3 Å². The summed E-state index contributed by atoms with van der Waals surface area (Å²) in [6.45, 7) is 0.623. The van der Waals surface area contributed by atoms with Crippen molar-refractivity contribution in [3.8, 4) is 5.75 Å². The van der Waals surface area contributed by atoms with Gasteiger partial charge < -0.3 is 9.64 Å². The number of nitrogens with zero attached hydrogens (tertiary/aromatic N) is 2. The topological polar surface area (TPSA) is 41.9 Å². The van der Waals surface area contributed by atoms with Crippen LogP contribution in [0.5, 0.6) is 5.75 Å². The first-order chi connectivity index (χ1) is 13.4. The van der Waals surface area contributed by atoms with Gasteiger partial charge in [-0.25, -0.2) is 0 Å². The molecule has 0 bridgehead atoms. The number of ether oxygens (including phenoxy) is 1. The molecule has 0 saturated carbocycles. The molecule has 2 aliphatic rings. The number of hydrogen-bond acceptors (Lipinski definition) is 3. The normalized spacial score (nSPS) is 17.6. The summed E-state index contributed by atoms with van der Waals surface area (Å²) in [5.74, 6) is -0.635. The molecule has 0 aliphatic carbocycles. The minimum atomic E-state index is -4.52. The van der Waals surface area contributed by atoms with Crippen LogP contribution < -0.4 is 4.74 Å². The summed E-state index contributed by atoms with van der Waals surface area (Å²) in [6.07, 6.45) is -1.08. The van der Waals surface area contributed by atoms with Crippen LogP contribution in [0.25, 0.3) is 0 Å². The van der Waals surface area contributed by atoms with Crippen molar-refractivity contribution in [2.75, 3.05) is 19.7 Å². The minimum Gasteiger partial charge on any atom is -0.483 e. The monoisotopic (exact) mass is 388 g/mol. The molecule has 1 spiro atoms. The van der Waals surface area contributed by atoms with Gasteiger partial charge in [-0.2, -0.15) is 13.2 Å². The van der Waals surface area contributed by atoms with Crippen molar-refractivity contribution in [1.82, 2.24) is 4.90 Å². The fraction of sp³-hybridized carbons (Fsp3) is 0.333. The maximum atomic E-state index is 13.0. The van der Waals surface area contributed by atoms with E-state index >= 15 is 0 Å². The number of likely N-dealkylation sites (tertiary alicyclic amines) is 1. The molecule has 2 aromatic rings. The third-order valence-corrected chi connectivity index (χ3v) is 5.44. The van der Waals surface area contributed by atoms with Crippen LogP contribution in [0, 0.1) is 0 Å². The molecular formula is C21H19F3N2O2. The molecule has 1 saturated heterocycles. The highest BCUT2D eigenvalue weighted by atomic mass is 19.4. The van der Waals surface area contributed by atoms with Crippen molar-refractivity contribution in [2.45, 2.75) is 24.4 Å². The molecule has 7 heteroatoms. The molecule has 0 radical (unpaired) electrons. The molecule has 0 aromatic heterocycles. The highest BCUT2D eigenvalue weighted by molar-refractivity contribution is 5.86. The fourth-order valence-corrected chi connectivity index (χ4v) is 3.88. The molecule has 0 N–H and O–H groups in total. The molecule has 0 atom stereocenters. The van der Waals surface area contributed by atoms with Gasteiger partial charge >= 0.3 is 6.18 Å². The van der Waals surface area contributed by atoms with Crippen LogP contribution in [0.4, 0.5) is 18.9 Å². The number of fused-ring (bicyclic) bond motifs is 2. The van der Waals surface area contributed by atoms with Gasteiger partial charge in [0.25, 0.3) is 5.91 Å². The number of piperidine rings is 1. The molecule has 1 fully saturated rings. The molecule has 2 heterocycles. The van der Waals surface area contributed by atoms with Crippen molar-refractivity contribution in [1.29, 1.82) is 0 Å². The summed E-state index contributed by atoms with van der Waals surface area (Å²) in [5, 5.41) is 0. The average molecular weight is 388 g/mol. The molecule has 146 valence electrons. The second-order valence-corrected chi connectivity index (χ2v) is 7.09. The lowest BCUT2D eigenvalue weighted by atomic mass is 9.74. The van der Waals surface area contributed by atoms with E-state index in [2.05, 4.69) is 11.1 Å². The third kappa shape index (κ3) is 3.37. The molecule has 4 rings (SSSR count). The van der Waals surface area contributed by atoms with E-state index in [1.54, 1.807) is 4.90 Å². The van der Waals surface area contributed by atoms with Gasteiger partial charge in [-0.05, 0) is 36.6 Å². The van der Waals surface area contributed by atoms with E-state index in [-0.39, 0.29) is 17.1 Å². The smallest absolute Gasteiger partial charge is 0.419 e. The number of rotatable bonds is 3. The van der Waals surface area contributed by atoms with Gasteiger partial charge in [0.05, 0.1) is 11.3 Å². The fourth-order valence-electron chi connectivity index (χ4n) is 3.88. The van der Waals surface area contributed by atoms with Gasteiger partial charge in [-0.3, -0.25) is 9.79 Å². The summed E-state index contributed by atoms with van der Waals surface area (Å²) in [5.41, 5.74) is 1.11. The Balaban J connectivity index is 1.38.